The molecule has 5 aromatic carbocycles. The van der Waals surface area contributed by atoms with Crippen molar-refractivity contribution in [3.63, 3.8) is 0 Å². The van der Waals surface area contributed by atoms with Gasteiger partial charge in [0.05, 0.1) is 0 Å². The molecule has 0 amide bonds. The average molecular weight is 494 g/mol. The molecule has 2 aliphatic rings. The normalized spacial score (nSPS) is 13.1. The van der Waals surface area contributed by atoms with Crippen LogP contribution in [0, 0.1) is 20.8 Å². The van der Waals surface area contributed by atoms with Gasteiger partial charge in [0.2, 0.25) is 0 Å². The van der Waals surface area contributed by atoms with Crippen molar-refractivity contribution in [2.24, 2.45) is 0 Å². The SMILES string of the molecule is Cc1cccc2c1Oc1cc(-c3cccc4c3sc3c(C)cccc34)cc3c1B2c1cccc(C)c1O3. The van der Waals surface area contributed by atoms with Crippen LogP contribution in [-0.4, -0.2) is 6.71 Å². The zero-order valence-corrected chi connectivity index (χ0v) is 21.7. The van der Waals surface area contributed by atoms with Crippen LogP contribution in [0.25, 0.3) is 31.3 Å². The fourth-order valence-corrected chi connectivity index (χ4v) is 7.49. The monoisotopic (exact) mass is 494 g/mol. The van der Waals surface area contributed by atoms with Gasteiger partial charge in [0, 0.05) is 25.6 Å². The summed E-state index contributed by atoms with van der Waals surface area (Å²) in [5.74, 6) is 3.71. The Balaban J connectivity index is 1.42. The predicted octanol–water partition coefficient (Wildman–Crippen LogP) is 7.37. The molecule has 1 aromatic heterocycles. The van der Waals surface area contributed by atoms with Gasteiger partial charge in [-0.3, -0.25) is 0 Å². The minimum atomic E-state index is 0.0918. The molecule has 0 saturated heterocycles. The van der Waals surface area contributed by atoms with E-state index in [1.807, 2.05) is 11.3 Å². The highest BCUT2D eigenvalue weighted by molar-refractivity contribution is 7.26. The summed E-state index contributed by atoms with van der Waals surface area (Å²) in [6.45, 7) is 6.55. The van der Waals surface area contributed by atoms with E-state index in [1.165, 1.54) is 42.2 Å². The summed E-state index contributed by atoms with van der Waals surface area (Å²) in [6.07, 6.45) is 0. The van der Waals surface area contributed by atoms with E-state index < -0.39 is 0 Å². The topological polar surface area (TPSA) is 18.5 Å². The average Bonchev–Trinajstić information content (AvgIpc) is 3.30. The molecule has 4 heteroatoms. The number of hydrogen-bond acceptors (Lipinski definition) is 3. The van der Waals surface area contributed by atoms with E-state index in [0.717, 1.165) is 45.2 Å². The summed E-state index contributed by atoms with van der Waals surface area (Å²) >= 11 is 1.88. The maximum atomic E-state index is 6.68. The highest BCUT2D eigenvalue weighted by Gasteiger charge is 2.41. The summed E-state index contributed by atoms with van der Waals surface area (Å²) in [4.78, 5) is 0. The Hall–Kier alpha value is -4.02. The summed E-state index contributed by atoms with van der Waals surface area (Å²) in [6, 6.07) is 30.6. The van der Waals surface area contributed by atoms with E-state index in [4.69, 9.17) is 9.47 Å². The number of hydrogen-bond donors (Lipinski definition) is 0. The quantitative estimate of drug-likeness (QED) is 0.222. The van der Waals surface area contributed by atoms with Gasteiger partial charge < -0.3 is 9.47 Å². The molecule has 6 aromatic rings. The second-order valence-corrected chi connectivity index (χ2v) is 11.3. The maximum absolute atomic E-state index is 6.68. The molecular formula is C33H23BO2S. The lowest BCUT2D eigenvalue weighted by molar-refractivity contribution is 0.461. The third-order valence-electron chi connectivity index (χ3n) is 7.96. The first-order valence-corrected chi connectivity index (χ1v) is 13.5. The molecule has 37 heavy (non-hydrogen) atoms. The van der Waals surface area contributed by atoms with Gasteiger partial charge in [-0.15, -0.1) is 11.3 Å². The second kappa shape index (κ2) is 7.50. The van der Waals surface area contributed by atoms with E-state index in [-0.39, 0.29) is 6.71 Å². The number of rotatable bonds is 1. The van der Waals surface area contributed by atoms with Crippen molar-refractivity contribution in [2.45, 2.75) is 20.8 Å². The Morgan fingerprint density at radius 2 is 1.14 bits per heavy atom. The van der Waals surface area contributed by atoms with Gasteiger partial charge in [0.1, 0.15) is 23.0 Å². The summed E-state index contributed by atoms with van der Waals surface area (Å²) in [5.41, 5.74) is 9.50. The zero-order valence-electron chi connectivity index (χ0n) is 20.9. The maximum Gasteiger partial charge on any atom is 0.260 e. The van der Waals surface area contributed by atoms with E-state index in [0.29, 0.717) is 0 Å². The standard InChI is InChI=1S/C33H23BO2S/c1-18-8-5-14-25-30(18)35-27-16-21(17-28-29(27)34(25)26-15-6-9-19(2)31(26)36-28)22-11-7-13-24-23-12-4-10-20(3)32(23)37-33(22)24/h4-17H,1-3H3. The molecule has 0 saturated carbocycles. The van der Waals surface area contributed by atoms with E-state index in [2.05, 4.69) is 106 Å². The zero-order chi connectivity index (χ0) is 24.8. The number of benzene rings is 5. The van der Waals surface area contributed by atoms with Crippen molar-refractivity contribution in [2.75, 3.05) is 0 Å². The van der Waals surface area contributed by atoms with Crippen LogP contribution in [-0.2, 0) is 0 Å². The molecule has 0 fully saturated rings. The third-order valence-corrected chi connectivity index (χ3v) is 9.35. The number of ether oxygens (including phenoxy) is 2. The highest BCUT2D eigenvalue weighted by Crippen LogP contribution is 2.44. The Labute approximate surface area is 220 Å². The molecule has 0 radical (unpaired) electrons. The van der Waals surface area contributed by atoms with Crippen molar-refractivity contribution in [1.29, 1.82) is 0 Å². The van der Waals surface area contributed by atoms with Gasteiger partial charge in [-0.05, 0) is 71.6 Å². The molecule has 0 bridgehead atoms. The Morgan fingerprint density at radius 3 is 1.78 bits per heavy atom. The molecule has 176 valence electrons. The second-order valence-electron chi connectivity index (χ2n) is 10.2. The van der Waals surface area contributed by atoms with E-state index >= 15 is 0 Å². The highest BCUT2D eigenvalue weighted by atomic mass is 32.1. The molecule has 0 spiro atoms. The van der Waals surface area contributed by atoms with Gasteiger partial charge in [-0.1, -0.05) is 72.8 Å². The lowest BCUT2D eigenvalue weighted by Crippen LogP contribution is -2.57. The van der Waals surface area contributed by atoms with Crippen molar-refractivity contribution < 1.29 is 9.47 Å². The number of thiophene rings is 1. The number of para-hydroxylation sites is 2. The minimum absolute atomic E-state index is 0.0918. The summed E-state index contributed by atoms with van der Waals surface area (Å²) in [5, 5.41) is 2.62. The van der Waals surface area contributed by atoms with Crippen LogP contribution in [0.15, 0.2) is 84.9 Å². The first-order chi connectivity index (χ1) is 18.1. The van der Waals surface area contributed by atoms with Gasteiger partial charge in [0.15, 0.2) is 0 Å². The third kappa shape index (κ3) is 2.88. The molecule has 0 atom stereocenters. The number of fused-ring (bicyclic) bond motifs is 7. The lowest BCUT2D eigenvalue weighted by atomic mass is 9.34. The fourth-order valence-electron chi connectivity index (χ4n) is 6.18. The number of aryl methyl sites for hydroxylation is 3. The van der Waals surface area contributed by atoms with E-state index in [1.54, 1.807) is 0 Å². The first-order valence-electron chi connectivity index (χ1n) is 12.7. The van der Waals surface area contributed by atoms with Crippen LogP contribution in [0.2, 0.25) is 0 Å². The molecule has 2 nitrogen and oxygen atoms in total. The first kappa shape index (κ1) is 21.1. The minimum Gasteiger partial charge on any atom is -0.458 e. The van der Waals surface area contributed by atoms with Gasteiger partial charge in [-0.25, -0.2) is 0 Å². The Kier molecular flexibility index (Phi) is 4.28. The molecule has 2 aliphatic heterocycles. The molecule has 0 unspecified atom stereocenters. The fraction of sp³-hybridized carbons (Fsp3) is 0.0909. The Morgan fingerprint density at radius 1 is 0.595 bits per heavy atom. The largest absolute Gasteiger partial charge is 0.458 e. The van der Waals surface area contributed by atoms with Crippen molar-refractivity contribution >= 4 is 54.6 Å². The van der Waals surface area contributed by atoms with Crippen molar-refractivity contribution in [3.05, 3.63) is 102 Å². The predicted molar refractivity (Wildman–Crippen MR) is 157 cm³/mol. The van der Waals surface area contributed by atoms with E-state index in [9.17, 15) is 0 Å². The van der Waals surface area contributed by atoms with Crippen LogP contribution in [0.1, 0.15) is 16.7 Å². The molecular weight excluding hydrogens is 471 g/mol. The molecule has 8 rings (SSSR count). The van der Waals surface area contributed by atoms with Gasteiger partial charge >= 0.3 is 0 Å². The Bertz CT molecular complexity index is 1860. The van der Waals surface area contributed by atoms with Crippen LogP contribution >= 0.6 is 11.3 Å². The lowest BCUT2D eigenvalue weighted by Gasteiger charge is -2.34. The van der Waals surface area contributed by atoms with Crippen LogP contribution in [0.3, 0.4) is 0 Å². The van der Waals surface area contributed by atoms with Crippen molar-refractivity contribution in [3.8, 4) is 34.1 Å². The molecule has 0 N–H and O–H groups in total. The van der Waals surface area contributed by atoms with Gasteiger partial charge in [0.25, 0.3) is 6.71 Å². The summed E-state index contributed by atoms with van der Waals surface area (Å²) in [7, 11) is 0. The van der Waals surface area contributed by atoms with Crippen LogP contribution in [0.4, 0.5) is 0 Å². The molecule has 3 heterocycles. The van der Waals surface area contributed by atoms with Crippen LogP contribution in [0.5, 0.6) is 23.0 Å². The smallest absolute Gasteiger partial charge is 0.260 e. The summed E-state index contributed by atoms with van der Waals surface area (Å²) < 4.78 is 16.0. The van der Waals surface area contributed by atoms with Crippen LogP contribution < -0.4 is 25.9 Å². The van der Waals surface area contributed by atoms with Crippen molar-refractivity contribution in [1.82, 2.24) is 0 Å². The van der Waals surface area contributed by atoms with Gasteiger partial charge in [-0.2, -0.15) is 0 Å². The molecule has 0 aliphatic carbocycles.